The van der Waals surface area contributed by atoms with E-state index in [2.05, 4.69) is 0 Å². The molecule has 0 saturated heterocycles. The van der Waals surface area contributed by atoms with Gasteiger partial charge in [-0.3, -0.25) is 14.9 Å². The van der Waals surface area contributed by atoms with E-state index in [1.165, 1.54) is 11.0 Å². The number of hydrogen-bond acceptors (Lipinski definition) is 4. The lowest BCUT2D eigenvalue weighted by atomic mass is 10.1. The molecule has 17 heavy (non-hydrogen) atoms. The second-order valence-corrected chi connectivity index (χ2v) is 3.97. The quantitative estimate of drug-likeness (QED) is 0.642. The topological polar surface area (TPSA) is 83.7 Å². The summed E-state index contributed by atoms with van der Waals surface area (Å²) in [5.41, 5.74) is -0.182. The van der Waals surface area contributed by atoms with Gasteiger partial charge in [0.1, 0.15) is 0 Å². The molecule has 0 radical (unpaired) electrons. The van der Waals surface area contributed by atoms with Crippen molar-refractivity contribution in [2.75, 3.05) is 7.05 Å². The first-order chi connectivity index (χ1) is 7.84. The number of rotatable bonds is 3. The van der Waals surface area contributed by atoms with Crippen LogP contribution in [0, 0.1) is 10.1 Å². The molecule has 0 fully saturated rings. The van der Waals surface area contributed by atoms with Crippen LogP contribution in [0.25, 0.3) is 0 Å². The molecule has 1 aromatic carbocycles. The van der Waals surface area contributed by atoms with Crippen LogP contribution >= 0.6 is 0 Å². The number of carbonyl (C=O) groups excluding carboxylic acids is 1. The minimum Gasteiger partial charge on any atom is -0.502 e. The minimum atomic E-state index is -0.699. The van der Waals surface area contributed by atoms with Crippen molar-refractivity contribution in [3.05, 3.63) is 33.9 Å². The largest absolute Gasteiger partial charge is 0.502 e. The smallest absolute Gasteiger partial charge is 0.310 e. The van der Waals surface area contributed by atoms with E-state index in [4.69, 9.17) is 0 Å². The van der Waals surface area contributed by atoms with E-state index in [0.29, 0.717) is 0 Å². The maximum absolute atomic E-state index is 11.9. The molecule has 0 atom stereocenters. The highest BCUT2D eigenvalue weighted by molar-refractivity contribution is 5.95. The molecule has 1 N–H and O–H groups in total. The fourth-order valence-electron chi connectivity index (χ4n) is 1.25. The van der Waals surface area contributed by atoms with E-state index in [9.17, 15) is 20.0 Å². The van der Waals surface area contributed by atoms with Crippen molar-refractivity contribution < 1.29 is 14.8 Å². The number of phenols is 1. The molecule has 0 aliphatic rings. The monoisotopic (exact) mass is 238 g/mol. The summed E-state index contributed by atoms with van der Waals surface area (Å²) >= 11 is 0. The maximum atomic E-state index is 11.9. The van der Waals surface area contributed by atoms with E-state index < -0.39 is 16.4 Å². The van der Waals surface area contributed by atoms with Gasteiger partial charge in [-0.1, -0.05) is 0 Å². The van der Waals surface area contributed by atoms with Gasteiger partial charge in [-0.25, -0.2) is 0 Å². The molecular weight excluding hydrogens is 224 g/mol. The fourth-order valence-corrected chi connectivity index (χ4v) is 1.25. The molecule has 0 bridgehead atoms. The average Bonchev–Trinajstić information content (AvgIpc) is 2.26. The lowest BCUT2D eigenvalue weighted by Gasteiger charge is -2.21. The summed E-state index contributed by atoms with van der Waals surface area (Å²) in [7, 11) is 1.63. The van der Waals surface area contributed by atoms with Crippen molar-refractivity contribution in [1.29, 1.82) is 0 Å². The van der Waals surface area contributed by atoms with E-state index in [1.54, 1.807) is 7.05 Å². The second kappa shape index (κ2) is 4.82. The molecule has 0 aliphatic heterocycles. The summed E-state index contributed by atoms with van der Waals surface area (Å²) in [5.74, 6) is -0.789. The van der Waals surface area contributed by atoms with Gasteiger partial charge >= 0.3 is 5.69 Å². The minimum absolute atomic E-state index is 0.0137. The van der Waals surface area contributed by atoms with E-state index in [0.717, 1.165) is 12.1 Å². The lowest BCUT2D eigenvalue weighted by Crippen LogP contribution is -2.32. The van der Waals surface area contributed by atoms with Crippen LogP contribution in [0.2, 0.25) is 0 Å². The van der Waals surface area contributed by atoms with Gasteiger partial charge in [-0.05, 0) is 26.0 Å². The summed E-state index contributed by atoms with van der Waals surface area (Å²) in [6.07, 6.45) is 0. The van der Waals surface area contributed by atoms with Crippen LogP contribution in [0.5, 0.6) is 5.75 Å². The first kappa shape index (κ1) is 13.0. The Morgan fingerprint density at radius 3 is 2.47 bits per heavy atom. The molecule has 0 saturated carbocycles. The summed E-state index contributed by atoms with van der Waals surface area (Å²) in [5, 5.41) is 19.9. The van der Waals surface area contributed by atoms with Gasteiger partial charge < -0.3 is 10.0 Å². The van der Waals surface area contributed by atoms with E-state index in [-0.39, 0.29) is 17.5 Å². The van der Waals surface area contributed by atoms with E-state index >= 15 is 0 Å². The van der Waals surface area contributed by atoms with Crippen LogP contribution in [0.15, 0.2) is 18.2 Å². The van der Waals surface area contributed by atoms with Gasteiger partial charge in [0.2, 0.25) is 0 Å². The van der Waals surface area contributed by atoms with Gasteiger partial charge in [0, 0.05) is 24.7 Å². The zero-order chi connectivity index (χ0) is 13.2. The van der Waals surface area contributed by atoms with Gasteiger partial charge in [-0.15, -0.1) is 0 Å². The van der Waals surface area contributed by atoms with Crippen LogP contribution < -0.4 is 0 Å². The number of amides is 1. The van der Waals surface area contributed by atoms with Gasteiger partial charge in [0.15, 0.2) is 5.75 Å². The normalized spacial score (nSPS) is 10.4. The SMILES string of the molecule is CC(C)N(C)C(=O)c1ccc([N+](=O)[O-])c(O)c1. The first-order valence-corrected chi connectivity index (χ1v) is 5.09. The van der Waals surface area contributed by atoms with Gasteiger partial charge in [-0.2, -0.15) is 0 Å². The maximum Gasteiger partial charge on any atom is 0.310 e. The summed E-state index contributed by atoms with van der Waals surface area (Å²) in [4.78, 5) is 23.1. The zero-order valence-electron chi connectivity index (χ0n) is 9.88. The summed E-state index contributed by atoms with van der Waals surface area (Å²) < 4.78 is 0. The van der Waals surface area contributed by atoms with Gasteiger partial charge in [0.25, 0.3) is 5.91 Å². The molecule has 6 nitrogen and oxygen atoms in total. The highest BCUT2D eigenvalue weighted by Crippen LogP contribution is 2.26. The van der Waals surface area contributed by atoms with Crippen molar-refractivity contribution >= 4 is 11.6 Å². The molecule has 0 aliphatic carbocycles. The van der Waals surface area contributed by atoms with Crippen molar-refractivity contribution in [2.45, 2.75) is 19.9 Å². The molecule has 92 valence electrons. The van der Waals surface area contributed by atoms with Crippen molar-refractivity contribution in [3.8, 4) is 5.75 Å². The summed E-state index contributed by atoms with van der Waals surface area (Å²) in [6.45, 7) is 3.70. The Kier molecular flexibility index (Phi) is 3.67. The Morgan fingerprint density at radius 2 is 2.06 bits per heavy atom. The Hall–Kier alpha value is -2.11. The molecule has 1 amide bonds. The molecule has 0 spiro atoms. The second-order valence-electron chi connectivity index (χ2n) is 3.97. The lowest BCUT2D eigenvalue weighted by molar-refractivity contribution is -0.385. The van der Waals surface area contributed by atoms with Crippen LogP contribution in [-0.2, 0) is 0 Å². The Morgan fingerprint density at radius 1 is 1.47 bits per heavy atom. The molecule has 1 aromatic rings. The number of nitro benzene ring substituents is 1. The predicted octanol–water partition coefficient (Wildman–Crippen LogP) is 1.78. The van der Waals surface area contributed by atoms with Crippen molar-refractivity contribution in [1.82, 2.24) is 4.90 Å². The molecule has 0 unspecified atom stereocenters. The van der Waals surface area contributed by atoms with Gasteiger partial charge in [0.05, 0.1) is 4.92 Å². The van der Waals surface area contributed by atoms with Crippen molar-refractivity contribution in [3.63, 3.8) is 0 Å². The molecule has 6 heteroatoms. The predicted molar refractivity (Wildman–Crippen MR) is 62.0 cm³/mol. The van der Waals surface area contributed by atoms with Crippen LogP contribution in [-0.4, -0.2) is 33.9 Å². The van der Waals surface area contributed by atoms with E-state index in [1.807, 2.05) is 13.8 Å². The number of phenolic OH excluding ortho intramolecular Hbond substituents is 1. The number of nitrogens with zero attached hydrogens (tertiary/aromatic N) is 2. The third-order valence-electron chi connectivity index (χ3n) is 2.51. The Labute approximate surface area is 98.6 Å². The Balaban J connectivity index is 3.06. The highest BCUT2D eigenvalue weighted by Gasteiger charge is 2.19. The molecule has 0 aromatic heterocycles. The number of nitro groups is 1. The average molecular weight is 238 g/mol. The van der Waals surface area contributed by atoms with Crippen LogP contribution in [0.4, 0.5) is 5.69 Å². The molecular formula is C11H14N2O4. The number of carbonyl (C=O) groups is 1. The number of benzene rings is 1. The zero-order valence-corrected chi connectivity index (χ0v) is 9.88. The summed E-state index contributed by atoms with van der Waals surface area (Å²) in [6, 6.07) is 3.58. The molecule has 0 heterocycles. The van der Waals surface area contributed by atoms with Crippen molar-refractivity contribution in [2.24, 2.45) is 0 Å². The van der Waals surface area contributed by atoms with Crippen LogP contribution in [0.3, 0.4) is 0 Å². The fraction of sp³-hybridized carbons (Fsp3) is 0.364. The first-order valence-electron chi connectivity index (χ1n) is 5.09. The standard InChI is InChI=1S/C11H14N2O4/c1-7(2)12(3)11(15)8-4-5-9(13(16)17)10(14)6-8/h4-7,14H,1-3H3. The third-order valence-corrected chi connectivity index (χ3v) is 2.51. The number of hydrogen-bond donors (Lipinski definition) is 1. The Bertz CT molecular complexity index is 457. The highest BCUT2D eigenvalue weighted by atomic mass is 16.6. The molecule has 1 rings (SSSR count). The third kappa shape index (κ3) is 2.72. The van der Waals surface area contributed by atoms with Crippen LogP contribution in [0.1, 0.15) is 24.2 Å². The number of aromatic hydroxyl groups is 1.